The van der Waals surface area contributed by atoms with E-state index in [0.717, 1.165) is 24.2 Å². The van der Waals surface area contributed by atoms with Crippen LogP contribution in [0.5, 0.6) is 0 Å². The average molecular weight is 396 g/mol. The van der Waals surface area contributed by atoms with Gasteiger partial charge in [-0.05, 0) is 40.6 Å². The summed E-state index contributed by atoms with van der Waals surface area (Å²) in [4.78, 5) is 20.5. The highest BCUT2D eigenvalue weighted by atomic mass is 16.6. The highest BCUT2D eigenvalue weighted by Crippen LogP contribution is 2.28. The number of nitrogens with zero attached hydrogens (tertiary/aromatic N) is 7. The van der Waals surface area contributed by atoms with Crippen LogP contribution in [-0.4, -0.2) is 36.3 Å². The molecule has 1 N–H and O–H groups in total. The molecular weight excluding hydrogens is 380 g/mol. The summed E-state index contributed by atoms with van der Waals surface area (Å²) in [7, 11) is 0. The normalized spacial score (nSPS) is 10.9. The first-order chi connectivity index (χ1) is 14.0. The van der Waals surface area contributed by atoms with Crippen molar-refractivity contribution in [3.05, 3.63) is 74.1 Å². The molecule has 0 saturated carbocycles. The van der Waals surface area contributed by atoms with E-state index in [1.165, 1.54) is 17.8 Å². The number of tetrazole rings is 1. The standard InChI is InChI=1S/C17H16N8O4/c1-2-12-3-5-13(6-4-12)23-17(20-21-22-23)9-10-18-19-15-8-7-14(24(26)27)11-16(15)25(28)29/h3-8,10-11,19H,2,9H2,1H3/b18-10+. The van der Waals surface area contributed by atoms with Gasteiger partial charge in [0.25, 0.3) is 5.69 Å². The van der Waals surface area contributed by atoms with Crippen molar-refractivity contribution in [2.24, 2.45) is 5.10 Å². The van der Waals surface area contributed by atoms with E-state index in [2.05, 4.69) is 33.0 Å². The van der Waals surface area contributed by atoms with Crippen LogP contribution in [0.2, 0.25) is 0 Å². The molecular formula is C17H16N8O4. The Morgan fingerprint density at radius 2 is 1.90 bits per heavy atom. The van der Waals surface area contributed by atoms with Gasteiger partial charge in [0.2, 0.25) is 0 Å². The first-order valence-corrected chi connectivity index (χ1v) is 8.56. The second-order valence-electron chi connectivity index (χ2n) is 5.87. The zero-order valence-corrected chi connectivity index (χ0v) is 15.3. The van der Waals surface area contributed by atoms with Crippen LogP contribution < -0.4 is 5.43 Å². The van der Waals surface area contributed by atoms with Crippen LogP contribution in [0.15, 0.2) is 47.6 Å². The van der Waals surface area contributed by atoms with E-state index in [1.54, 1.807) is 4.68 Å². The number of nitro groups is 2. The van der Waals surface area contributed by atoms with Crippen LogP contribution in [0.3, 0.4) is 0 Å². The highest BCUT2D eigenvalue weighted by Gasteiger charge is 2.19. The summed E-state index contributed by atoms with van der Waals surface area (Å²) < 4.78 is 1.57. The van der Waals surface area contributed by atoms with E-state index >= 15 is 0 Å². The minimum atomic E-state index is -0.717. The molecule has 0 radical (unpaired) electrons. The van der Waals surface area contributed by atoms with E-state index in [0.29, 0.717) is 5.82 Å². The summed E-state index contributed by atoms with van der Waals surface area (Å²) in [5, 5.41) is 37.4. The van der Waals surface area contributed by atoms with Crippen molar-refractivity contribution >= 4 is 23.3 Å². The number of aryl methyl sites for hydroxylation is 1. The smallest absolute Gasteiger partial charge is 0.272 e. The summed E-state index contributed by atoms with van der Waals surface area (Å²) in [5.74, 6) is 0.526. The van der Waals surface area contributed by atoms with Crippen molar-refractivity contribution in [1.29, 1.82) is 0 Å². The van der Waals surface area contributed by atoms with Crippen molar-refractivity contribution in [3.8, 4) is 5.69 Å². The number of rotatable bonds is 8. The lowest BCUT2D eigenvalue weighted by atomic mass is 10.1. The Bertz CT molecular complexity index is 1060. The molecule has 0 aliphatic carbocycles. The SMILES string of the molecule is CCc1ccc(-n2nnnc2C/C=N/Nc2ccc([N+](=O)[O-])cc2[N+](=O)[O-])cc1. The lowest BCUT2D eigenvalue weighted by Gasteiger charge is -2.04. The second-order valence-corrected chi connectivity index (χ2v) is 5.87. The maximum atomic E-state index is 11.1. The number of non-ortho nitro benzene ring substituents is 1. The van der Waals surface area contributed by atoms with Crippen molar-refractivity contribution in [2.75, 3.05) is 5.43 Å². The van der Waals surface area contributed by atoms with Crippen molar-refractivity contribution in [1.82, 2.24) is 20.2 Å². The predicted molar refractivity (Wildman–Crippen MR) is 104 cm³/mol. The molecule has 0 spiro atoms. The fourth-order valence-electron chi connectivity index (χ4n) is 2.53. The number of hydrazone groups is 1. The molecule has 12 heteroatoms. The third-order valence-electron chi connectivity index (χ3n) is 4.06. The monoisotopic (exact) mass is 396 g/mol. The number of hydrogen-bond donors (Lipinski definition) is 1. The first-order valence-electron chi connectivity index (χ1n) is 8.56. The molecule has 12 nitrogen and oxygen atoms in total. The van der Waals surface area contributed by atoms with Crippen LogP contribution in [0.1, 0.15) is 18.3 Å². The number of nitro benzene ring substituents is 2. The van der Waals surface area contributed by atoms with Crippen LogP contribution in [0.4, 0.5) is 17.1 Å². The largest absolute Gasteiger partial charge is 0.301 e. The summed E-state index contributed by atoms with van der Waals surface area (Å²) >= 11 is 0. The molecule has 0 unspecified atom stereocenters. The van der Waals surface area contributed by atoms with E-state index in [9.17, 15) is 20.2 Å². The van der Waals surface area contributed by atoms with Gasteiger partial charge in [0, 0.05) is 18.7 Å². The zero-order valence-electron chi connectivity index (χ0n) is 15.3. The first kappa shape index (κ1) is 19.5. The van der Waals surface area contributed by atoms with Gasteiger partial charge in [-0.3, -0.25) is 25.7 Å². The molecule has 0 fully saturated rings. The summed E-state index contributed by atoms with van der Waals surface area (Å²) in [6.45, 7) is 2.07. The molecule has 2 aromatic carbocycles. The second kappa shape index (κ2) is 8.65. The molecule has 0 saturated heterocycles. The molecule has 148 valence electrons. The summed E-state index contributed by atoms with van der Waals surface area (Å²) in [5.41, 5.74) is 3.73. The Kier molecular flexibility index (Phi) is 5.83. The van der Waals surface area contributed by atoms with Gasteiger partial charge in [0.1, 0.15) is 5.69 Å². The van der Waals surface area contributed by atoms with E-state index in [4.69, 9.17) is 0 Å². The van der Waals surface area contributed by atoms with Crippen molar-refractivity contribution < 1.29 is 9.85 Å². The molecule has 0 aliphatic rings. The van der Waals surface area contributed by atoms with Crippen LogP contribution in [0, 0.1) is 20.2 Å². The van der Waals surface area contributed by atoms with Crippen LogP contribution >= 0.6 is 0 Å². The lowest BCUT2D eigenvalue weighted by molar-refractivity contribution is -0.393. The Hall–Kier alpha value is -4.22. The third kappa shape index (κ3) is 4.55. The number of anilines is 1. The predicted octanol–water partition coefficient (Wildman–Crippen LogP) is 2.68. The van der Waals surface area contributed by atoms with Crippen LogP contribution in [-0.2, 0) is 12.8 Å². The molecule has 0 amide bonds. The van der Waals surface area contributed by atoms with Gasteiger partial charge in [-0.2, -0.15) is 9.78 Å². The Labute approximate surface area is 164 Å². The topological polar surface area (TPSA) is 154 Å². The maximum absolute atomic E-state index is 11.1. The van der Waals surface area contributed by atoms with Gasteiger partial charge in [0.05, 0.1) is 21.6 Å². The average Bonchev–Trinajstić information content (AvgIpc) is 3.19. The molecule has 3 aromatic rings. The highest BCUT2D eigenvalue weighted by molar-refractivity contribution is 5.68. The fraction of sp³-hybridized carbons (Fsp3) is 0.176. The van der Waals surface area contributed by atoms with Gasteiger partial charge in [-0.25, -0.2) is 0 Å². The van der Waals surface area contributed by atoms with E-state index in [1.807, 2.05) is 24.3 Å². The number of hydrogen-bond acceptors (Lipinski definition) is 9. The van der Waals surface area contributed by atoms with Gasteiger partial charge < -0.3 is 0 Å². The summed E-state index contributed by atoms with van der Waals surface area (Å²) in [6.07, 6.45) is 2.64. The molecule has 0 bridgehead atoms. The number of benzene rings is 2. The number of aromatic nitrogens is 4. The lowest BCUT2D eigenvalue weighted by Crippen LogP contribution is -2.05. The zero-order chi connectivity index (χ0) is 20.8. The molecule has 0 atom stereocenters. The Morgan fingerprint density at radius 3 is 2.55 bits per heavy atom. The molecule has 3 rings (SSSR count). The van der Waals surface area contributed by atoms with Crippen LogP contribution in [0.25, 0.3) is 5.69 Å². The fourth-order valence-corrected chi connectivity index (χ4v) is 2.53. The van der Waals surface area contributed by atoms with Crippen molar-refractivity contribution in [2.45, 2.75) is 19.8 Å². The van der Waals surface area contributed by atoms with Gasteiger partial charge in [0.15, 0.2) is 5.82 Å². The van der Waals surface area contributed by atoms with Gasteiger partial charge >= 0.3 is 5.69 Å². The van der Waals surface area contributed by atoms with E-state index < -0.39 is 15.5 Å². The molecule has 0 aliphatic heterocycles. The Morgan fingerprint density at radius 1 is 1.14 bits per heavy atom. The molecule has 29 heavy (non-hydrogen) atoms. The maximum Gasteiger partial charge on any atom is 0.301 e. The molecule has 1 heterocycles. The van der Waals surface area contributed by atoms with Gasteiger partial charge in [-0.1, -0.05) is 19.1 Å². The Balaban J connectivity index is 1.71. The van der Waals surface area contributed by atoms with E-state index in [-0.39, 0.29) is 17.8 Å². The summed E-state index contributed by atoms with van der Waals surface area (Å²) in [6, 6.07) is 11.1. The molecule has 1 aromatic heterocycles. The quantitative estimate of drug-likeness (QED) is 0.346. The third-order valence-corrected chi connectivity index (χ3v) is 4.06. The number of nitrogens with one attached hydrogen (secondary N) is 1. The van der Waals surface area contributed by atoms with Crippen molar-refractivity contribution in [3.63, 3.8) is 0 Å². The van der Waals surface area contributed by atoms with Gasteiger partial charge in [-0.15, -0.1) is 5.10 Å². The minimum absolute atomic E-state index is 0.0339. The minimum Gasteiger partial charge on any atom is -0.272 e.